The van der Waals surface area contributed by atoms with Crippen LogP contribution in [-0.2, 0) is 19.0 Å². The molecule has 15 heavy (non-hydrogen) atoms. The van der Waals surface area contributed by atoms with Crippen LogP contribution in [0.4, 0.5) is 18.0 Å². The fourth-order valence-electron chi connectivity index (χ4n) is 0.288. The number of hydrogen-bond acceptors (Lipinski definition) is 5. The maximum atomic E-state index is 11.6. The van der Waals surface area contributed by atoms with E-state index < -0.39 is 28.4 Å². The van der Waals surface area contributed by atoms with Gasteiger partial charge in [0.05, 0.1) is 0 Å². The molecule has 0 aromatic rings. The molecular weight excluding hydrogens is 236 g/mol. The number of carbonyl (C=O) groups excluding carboxylic acids is 1. The third-order valence-electron chi connectivity index (χ3n) is 0.780. The molecule has 0 atom stereocenters. The molecular formula is C5H6F3LiO5S. The summed E-state index contributed by atoms with van der Waals surface area (Å²) < 4.78 is 61.9. The third kappa shape index (κ3) is 5.71. The van der Waals surface area contributed by atoms with Crippen LogP contribution in [-0.4, -0.2) is 45.5 Å². The third-order valence-corrected chi connectivity index (χ3v) is 1.70. The van der Waals surface area contributed by atoms with Crippen LogP contribution in [0.5, 0.6) is 0 Å². The van der Waals surface area contributed by atoms with Gasteiger partial charge in [-0.15, -0.1) is 0 Å². The van der Waals surface area contributed by atoms with Gasteiger partial charge in [0.25, 0.3) is 0 Å². The van der Waals surface area contributed by atoms with Crippen molar-refractivity contribution in [3.63, 3.8) is 0 Å². The summed E-state index contributed by atoms with van der Waals surface area (Å²) in [7, 11) is -5.94. The van der Waals surface area contributed by atoms with Crippen LogP contribution in [0.15, 0.2) is 12.7 Å². The molecule has 0 spiro atoms. The molecule has 5 nitrogen and oxygen atoms in total. The molecule has 84 valence electrons. The Morgan fingerprint density at radius 1 is 1.40 bits per heavy atom. The van der Waals surface area contributed by atoms with Crippen molar-refractivity contribution in [3.05, 3.63) is 12.7 Å². The van der Waals surface area contributed by atoms with Crippen LogP contribution in [0.25, 0.3) is 0 Å². The minimum absolute atomic E-state index is 0. The molecule has 0 saturated carbocycles. The second-order valence-electron chi connectivity index (χ2n) is 1.83. The molecule has 0 fully saturated rings. The fraction of sp³-hybridized carbons (Fsp3) is 0.400. The number of alkyl halides is 3. The van der Waals surface area contributed by atoms with Crippen LogP contribution in [0.2, 0.25) is 0 Å². The van der Waals surface area contributed by atoms with E-state index in [0.29, 0.717) is 0 Å². The Hall–Kier alpha value is -0.653. The summed E-state index contributed by atoms with van der Waals surface area (Å²) in [5.41, 5.74) is -5.65. The molecule has 0 N–H and O–H groups in total. The van der Waals surface area contributed by atoms with Crippen molar-refractivity contribution >= 4 is 35.1 Å². The van der Waals surface area contributed by atoms with Crippen molar-refractivity contribution in [2.75, 3.05) is 6.61 Å². The van der Waals surface area contributed by atoms with E-state index in [1.165, 1.54) is 0 Å². The number of ether oxygens (including phenoxy) is 1. The standard InChI is InChI=1S/C5H5F3O5S.Li.H/c1-2-3-12-4(9)13-14(10,11)5(6,7)8;;/h2H,1,3H2;;. The van der Waals surface area contributed by atoms with Crippen LogP contribution in [0.1, 0.15) is 0 Å². The van der Waals surface area contributed by atoms with Crippen molar-refractivity contribution in [2.24, 2.45) is 0 Å². The van der Waals surface area contributed by atoms with Crippen LogP contribution in [0, 0.1) is 0 Å². The molecule has 0 aliphatic rings. The maximum absolute atomic E-state index is 11.6. The Morgan fingerprint density at radius 3 is 2.20 bits per heavy atom. The summed E-state index contributed by atoms with van der Waals surface area (Å²) in [4.78, 5) is 10.3. The molecule has 0 radical (unpaired) electrons. The van der Waals surface area contributed by atoms with Gasteiger partial charge < -0.3 is 8.92 Å². The summed E-state index contributed by atoms with van der Waals surface area (Å²) >= 11 is 0. The van der Waals surface area contributed by atoms with Crippen LogP contribution >= 0.6 is 0 Å². The first-order chi connectivity index (χ1) is 6.20. The van der Waals surface area contributed by atoms with Gasteiger partial charge in [0.2, 0.25) is 0 Å². The molecule has 0 aliphatic heterocycles. The van der Waals surface area contributed by atoms with E-state index in [9.17, 15) is 26.4 Å². The zero-order valence-corrected chi connectivity index (χ0v) is 7.39. The van der Waals surface area contributed by atoms with Gasteiger partial charge in [-0.3, -0.25) is 0 Å². The molecule has 10 heteroatoms. The van der Waals surface area contributed by atoms with Gasteiger partial charge >= 0.3 is 40.6 Å². The first kappa shape index (κ1) is 16.8. The van der Waals surface area contributed by atoms with E-state index in [1.54, 1.807) is 0 Å². The van der Waals surface area contributed by atoms with Gasteiger partial charge in [-0.1, -0.05) is 12.7 Å². The molecule has 0 bridgehead atoms. The quantitative estimate of drug-likeness (QED) is 0.237. The van der Waals surface area contributed by atoms with E-state index in [1.807, 2.05) is 0 Å². The van der Waals surface area contributed by atoms with Gasteiger partial charge in [-0.05, 0) is 0 Å². The Morgan fingerprint density at radius 2 is 1.87 bits per heavy atom. The topological polar surface area (TPSA) is 69.7 Å². The second-order valence-corrected chi connectivity index (χ2v) is 3.37. The van der Waals surface area contributed by atoms with E-state index in [2.05, 4.69) is 15.5 Å². The first-order valence-corrected chi connectivity index (χ1v) is 4.40. The van der Waals surface area contributed by atoms with Gasteiger partial charge in [0, 0.05) is 0 Å². The van der Waals surface area contributed by atoms with Crippen molar-refractivity contribution in [1.29, 1.82) is 0 Å². The Kier molecular flexibility index (Phi) is 6.76. The SMILES string of the molecule is C=CCOC(=O)OS(=O)(=O)C(F)(F)F.[LiH]. The summed E-state index contributed by atoms with van der Waals surface area (Å²) in [6, 6.07) is 0. The average Bonchev–Trinajstić information content (AvgIpc) is 1.97. The van der Waals surface area contributed by atoms with Gasteiger partial charge in [0.15, 0.2) is 0 Å². The first-order valence-electron chi connectivity index (χ1n) is 2.99. The van der Waals surface area contributed by atoms with Crippen LogP contribution in [0.3, 0.4) is 0 Å². The molecule has 0 rings (SSSR count). The summed E-state index contributed by atoms with van der Waals surface area (Å²) in [5, 5.41) is 0. The van der Waals surface area contributed by atoms with E-state index in [4.69, 9.17) is 0 Å². The number of halogens is 3. The van der Waals surface area contributed by atoms with E-state index >= 15 is 0 Å². The average molecular weight is 242 g/mol. The predicted molar refractivity (Wildman–Crippen MR) is 44.8 cm³/mol. The Labute approximate surface area is 95.5 Å². The van der Waals surface area contributed by atoms with Crippen LogP contribution < -0.4 is 0 Å². The molecule has 0 unspecified atom stereocenters. The zero-order valence-electron chi connectivity index (χ0n) is 6.57. The second kappa shape index (κ2) is 6.05. The summed E-state index contributed by atoms with van der Waals surface area (Å²) in [5.74, 6) is 0. The monoisotopic (exact) mass is 242 g/mol. The Balaban J connectivity index is 0. The number of rotatable bonds is 3. The summed E-state index contributed by atoms with van der Waals surface area (Å²) in [6.07, 6.45) is -0.927. The fourth-order valence-corrected chi connectivity index (χ4v) is 0.610. The molecule has 0 heterocycles. The van der Waals surface area contributed by atoms with Gasteiger partial charge in [-0.2, -0.15) is 21.6 Å². The van der Waals surface area contributed by atoms with Gasteiger partial charge in [-0.25, -0.2) is 4.79 Å². The summed E-state index contributed by atoms with van der Waals surface area (Å²) in [6.45, 7) is 2.62. The molecule has 0 saturated heterocycles. The zero-order chi connectivity index (χ0) is 11.4. The van der Waals surface area contributed by atoms with Crippen molar-refractivity contribution < 1.29 is 35.3 Å². The van der Waals surface area contributed by atoms with Gasteiger partial charge in [0.1, 0.15) is 6.61 Å². The molecule has 0 aliphatic carbocycles. The minimum atomic E-state index is -5.94. The normalized spacial score (nSPS) is 11.1. The molecule has 0 aromatic carbocycles. The van der Waals surface area contributed by atoms with E-state index in [-0.39, 0.29) is 18.9 Å². The molecule has 0 amide bonds. The number of carbonyl (C=O) groups is 1. The molecule has 0 aromatic heterocycles. The number of hydrogen-bond donors (Lipinski definition) is 0. The van der Waals surface area contributed by atoms with Crippen molar-refractivity contribution in [1.82, 2.24) is 0 Å². The Bertz CT molecular complexity index is 322. The van der Waals surface area contributed by atoms with Crippen molar-refractivity contribution in [3.8, 4) is 0 Å². The van der Waals surface area contributed by atoms with Crippen molar-refractivity contribution in [2.45, 2.75) is 5.51 Å². The van der Waals surface area contributed by atoms with E-state index in [0.717, 1.165) is 6.08 Å². The predicted octanol–water partition coefficient (Wildman–Crippen LogP) is 0.527.